The lowest BCUT2D eigenvalue weighted by molar-refractivity contribution is -0.129. The summed E-state index contributed by atoms with van der Waals surface area (Å²) in [6, 6.07) is 13.7. The highest BCUT2D eigenvalue weighted by atomic mass is 35.5. The molecule has 0 radical (unpaired) electrons. The quantitative estimate of drug-likeness (QED) is 0.643. The molecule has 4 atom stereocenters. The Labute approximate surface area is 168 Å². The summed E-state index contributed by atoms with van der Waals surface area (Å²) in [4.78, 5) is 12.5. The van der Waals surface area contributed by atoms with Gasteiger partial charge in [0.2, 0.25) is 5.91 Å². The van der Waals surface area contributed by atoms with Crippen LogP contribution in [0.4, 0.5) is 0 Å². The van der Waals surface area contributed by atoms with Crippen LogP contribution in [0.2, 0.25) is 15.1 Å². The Balaban J connectivity index is 1.82. The smallest absolute Gasteiger partial charge is 0.226 e. The number of carbonyl (C=O) groups excluding carboxylic acids is 1. The number of hydrogen-bond acceptors (Lipinski definition) is 1. The van der Waals surface area contributed by atoms with Crippen molar-refractivity contribution >= 4 is 40.7 Å². The summed E-state index contributed by atoms with van der Waals surface area (Å²) in [7, 11) is 0. The average Bonchev–Trinajstić information content (AvgIpc) is 2.91. The van der Waals surface area contributed by atoms with Crippen LogP contribution in [0.15, 0.2) is 42.5 Å². The minimum atomic E-state index is -0.334. The Hall–Kier alpha value is -1.22. The number of fused-ring (bicyclic) bond motifs is 1. The lowest BCUT2D eigenvalue weighted by Gasteiger charge is -2.45. The number of hydrogen-bond donors (Lipinski definition) is 1. The molecule has 1 saturated carbocycles. The molecule has 0 unspecified atom stereocenters. The molecule has 2 aromatic carbocycles. The number of benzene rings is 2. The van der Waals surface area contributed by atoms with Gasteiger partial charge in [-0.3, -0.25) is 4.79 Å². The van der Waals surface area contributed by atoms with E-state index >= 15 is 0 Å². The van der Waals surface area contributed by atoms with Crippen LogP contribution >= 0.6 is 34.8 Å². The first-order chi connectivity index (χ1) is 12.4. The third-order valence-corrected chi connectivity index (χ3v) is 7.09. The third-order valence-electron chi connectivity index (χ3n) is 6.28. The molecule has 0 spiro atoms. The zero-order chi connectivity index (χ0) is 18.5. The van der Waals surface area contributed by atoms with Gasteiger partial charge in [0, 0.05) is 21.6 Å². The Bertz CT molecular complexity index is 851. The van der Waals surface area contributed by atoms with Crippen molar-refractivity contribution in [2.45, 2.75) is 31.6 Å². The average molecular weight is 409 g/mol. The van der Waals surface area contributed by atoms with E-state index in [9.17, 15) is 4.79 Å². The monoisotopic (exact) mass is 407 g/mol. The maximum atomic E-state index is 12.5. The molecule has 2 nitrogen and oxygen atoms in total. The number of halogens is 3. The summed E-state index contributed by atoms with van der Waals surface area (Å²) < 4.78 is 0. The van der Waals surface area contributed by atoms with E-state index in [-0.39, 0.29) is 29.1 Å². The maximum Gasteiger partial charge on any atom is 0.226 e. The lowest BCUT2D eigenvalue weighted by Crippen LogP contribution is -2.41. The highest BCUT2D eigenvalue weighted by molar-refractivity contribution is 6.35. The van der Waals surface area contributed by atoms with Crippen molar-refractivity contribution in [1.82, 2.24) is 5.32 Å². The molecule has 1 aliphatic heterocycles. The molecule has 2 aromatic rings. The van der Waals surface area contributed by atoms with Crippen molar-refractivity contribution in [2.75, 3.05) is 6.54 Å². The van der Waals surface area contributed by atoms with Crippen LogP contribution in [0.3, 0.4) is 0 Å². The van der Waals surface area contributed by atoms with E-state index in [4.69, 9.17) is 34.8 Å². The summed E-state index contributed by atoms with van der Waals surface area (Å²) in [6.45, 7) is 2.80. The Morgan fingerprint density at radius 3 is 2.42 bits per heavy atom. The molecule has 1 saturated heterocycles. The molecule has 1 amide bonds. The lowest BCUT2D eigenvalue weighted by atomic mass is 9.57. The molecule has 5 heteroatoms. The molecular weight excluding hydrogens is 389 g/mol. The fourth-order valence-corrected chi connectivity index (χ4v) is 5.51. The third kappa shape index (κ3) is 2.93. The van der Waals surface area contributed by atoms with Gasteiger partial charge in [0.25, 0.3) is 0 Å². The summed E-state index contributed by atoms with van der Waals surface area (Å²) in [5.41, 5.74) is 1.98. The number of amides is 1. The van der Waals surface area contributed by atoms with Crippen LogP contribution in [-0.4, -0.2) is 12.5 Å². The molecule has 136 valence electrons. The van der Waals surface area contributed by atoms with Crippen LogP contribution < -0.4 is 5.32 Å². The second-order valence-electron chi connectivity index (χ2n) is 7.62. The molecule has 0 aromatic heterocycles. The van der Waals surface area contributed by atoms with E-state index < -0.39 is 0 Å². The Morgan fingerprint density at radius 1 is 1.04 bits per heavy atom. The fraction of sp³-hybridized carbons (Fsp3) is 0.381. The van der Waals surface area contributed by atoms with Gasteiger partial charge in [-0.05, 0) is 66.0 Å². The van der Waals surface area contributed by atoms with Crippen LogP contribution in [0.1, 0.15) is 42.7 Å². The van der Waals surface area contributed by atoms with Gasteiger partial charge in [-0.25, -0.2) is 0 Å². The predicted octanol–water partition coefficient (Wildman–Crippen LogP) is 6.06. The van der Waals surface area contributed by atoms with Crippen molar-refractivity contribution in [3.8, 4) is 0 Å². The Kier molecular flexibility index (Phi) is 4.71. The molecule has 2 aliphatic rings. The van der Waals surface area contributed by atoms with Crippen molar-refractivity contribution in [3.63, 3.8) is 0 Å². The zero-order valence-electron chi connectivity index (χ0n) is 14.4. The van der Waals surface area contributed by atoms with Gasteiger partial charge in [0.1, 0.15) is 0 Å². The second-order valence-corrected chi connectivity index (χ2v) is 8.90. The summed E-state index contributed by atoms with van der Waals surface area (Å²) in [6.07, 6.45) is 1.77. The molecular formula is C21H20Cl3NO. The van der Waals surface area contributed by atoms with Crippen LogP contribution in [-0.2, 0) is 4.79 Å². The molecule has 26 heavy (non-hydrogen) atoms. The van der Waals surface area contributed by atoms with Crippen molar-refractivity contribution in [1.29, 1.82) is 0 Å². The van der Waals surface area contributed by atoms with Gasteiger partial charge in [-0.1, -0.05) is 59.9 Å². The van der Waals surface area contributed by atoms with Crippen molar-refractivity contribution < 1.29 is 4.79 Å². The molecule has 1 N–H and O–H groups in total. The summed E-state index contributed by atoms with van der Waals surface area (Å²) >= 11 is 18.8. The molecule has 2 fully saturated rings. The van der Waals surface area contributed by atoms with Gasteiger partial charge < -0.3 is 5.32 Å². The van der Waals surface area contributed by atoms with Gasteiger partial charge in [-0.15, -0.1) is 0 Å². The van der Waals surface area contributed by atoms with E-state index in [0.29, 0.717) is 21.6 Å². The molecule has 1 aliphatic carbocycles. The first kappa shape index (κ1) is 18.2. The van der Waals surface area contributed by atoms with E-state index in [1.807, 2.05) is 30.3 Å². The number of nitrogens with one attached hydrogen (secondary N) is 1. The van der Waals surface area contributed by atoms with E-state index in [1.54, 1.807) is 0 Å². The van der Waals surface area contributed by atoms with Gasteiger partial charge in [0.15, 0.2) is 0 Å². The minimum absolute atomic E-state index is 0.169. The van der Waals surface area contributed by atoms with Crippen LogP contribution in [0.5, 0.6) is 0 Å². The predicted molar refractivity (Wildman–Crippen MR) is 107 cm³/mol. The van der Waals surface area contributed by atoms with Crippen molar-refractivity contribution in [3.05, 3.63) is 68.7 Å². The summed E-state index contributed by atoms with van der Waals surface area (Å²) in [5, 5.41) is 5.14. The highest BCUT2D eigenvalue weighted by Gasteiger charge is 2.54. The fourth-order valence-electron chi connectivity index (χ4n) is 4.84. The first-order valence-electron chi connectivity index (χ1n) is 8.89. The number of rotatable bonds is 2. The molecule has 0 bridgehead atoms. The maximum absolute atomic E-state index is 12.5. The Morgan fingerprint density at radius 2 is 1.73 bits per heavy atom. The van der Waals surface area contributed by atoms with E-state index in [1.165, 1.54) is 5.56 Å². The van der Waals surface area contributed by atoms with E-state index in [2.05, 4.69) is 24.4 Å². The zero-order valence-corrected chi connectivity index (χ0v) is 16.7. The topological polar surface area (TPSA) is 29.1 Å². The van der Waals surface area contributed by atoms with Crippen LogP contribution in [0.25, 0.3) is 0 Å². The van der Waals surface area contributed by atoms with Crippen molar-refractivity contribution in [2.24, 2.45) is 11.3 Å². The standard InChI is InChI=1S/C21H20Cl3NO/c1-21-9-8-16(15-7-6-14(23)10-18(15)24)19(17(21)11-25-20(21)26)12-2-4-13(22)5-3-12/h2-7,10,16-17,19H,8-9,11H2,1H3,(H,25,26)/t16-,17-,19-,21+/m0/s1. The molecule has 1 heterocycles. The second kappa shape index (κ2) is 6.74. The van der Waals surface area contributed by atoms with Gasteiger partial charge in [-0.2, -0.15) is 0 Å². The van der Waals surface area contributed by atoms with E-state index in [0.717, 1.165) is 18.4 Å². The van der Waals surface area contributed by atoms with Gasteiger partial charge in [0.05, 0.1) is 5.41 Å². The minimum Gasteiger partial charge on any atom is -0.355 e. The van der Waals surface area contributed by atoms with Crippen LogP contribution in [0, 0.1) is 11.3 Å². The number of carbonyl (C=O) groups is 1. The SMILES string of the molecule is C[C@@]12CC[C@@H](c3ccc(Cl)cc3Cl)[C@H](c3ccc(Cl)cc3)[C@@H]1CNC2=O. The summed E-state index contributed by atoms with van der Waals surface area (Å²) in [5.74, 6) is 0.833. The van der Waals surface area contributed by atoms with Gasteiger partial charge >= 0.3 is 0 Å². The molecule has 4 rings (SSSR count). The largest absolute Gasteiger partial charge is 0.355 e. The highest BCUT2D eigenvalue weighted by Crippen LogP contribution is 2.57. The first-order valence-corrected chi connectivity index (χ1v) is 10.0. The normalized spacial score (nSPS) is 30.8.